The number of nitrogens with one attached hydrogen (secondary N) is 1. The Balaban J connectivity index is 2.56. The summed E-state index contributed by atoms with van der Waals surface area (Å²) in [4.78, 5) is 14.1. The average Bonchev–Trinajstić information content (AvgIpc) is 2.28. The van der Waals surface area contributed by atoms with E-state index in [0.29, 0.717) is 28.9 Å². The SMILES string of the molecule is CC(C)N(C)CCNC(=O)c1c(N)cccc1Cl. The van der Waals surface area contributed by atoms with Crippen LogP contribution in [0.3, 0.4) is 0 Å². The summed E-state index contributed by atoms with van der Waals surface area (Å²) in [6, 6.07) is 5.50. The molecule has 1 rings (SSSR count). The number of carbonyl (C=O) groups is 1. The highest BCUT2D eigenvalue weighted by Gasteiger charge is 2.13. The standard InChI is InChI=1S/C13H20ClN3O/c1-9(2)17(3)8-7-16-13(18)12-10(14)5-4-6-11(12)15/h4-6,9H,7-8,15H2,1-3H3,(H,16,18). The predicted octanol–water partition coefficient (Wildman–Crippen LogP) is 1.99. The van der Waals surface area contributed by atoms with Crippen molar-refractivity contribution in [1.29, 1.82) is 0 Å². The van der Waals surface area contributed by atoms with Crippen LogP contribution in [0.4, 0.5) is 5.69 Å². The van der Waals surface area contributed by atoms with Gasteiger partial charge in [0.15, 0.2) is 0 Å². The third-order valence-corrected chi connectivity index (χ3v) is 3.22. The van der Waals surface area contributed by atoms with Gasteiger partial charge in [-0.2, -0.15) is 0 Å². The van der Waals surface area contributed by atoms with E-state index in [1.54, 1.807) is 18.2 Å². The highest BCUT2D eigenvalue weighted by atomic mass is 35.5. The second-order valence-electron chi connectivity index (χ2n) is 4.53. The zero-order valence-electron chi connectivity index (χ0n) is 11.0. The molecule has 0 bridgehead atoms. The molecule has 1 aromatic rings. The van der Waals surface area contributed by atoms with E-state index in [1.807, 2.05) is 7.05 Å². The lowest BCUT2D eigenvalue weighted by molar-refractivity contribution is 0.0949. The van der Waals surface area contributed by atoms with Crippen molar-refractivity contribution in [2.45, 2.75) is 19.9 Å². The molecule has 0 heterocycles. The van der Waals surface area contributed by atoms with Crippen molar-refractivity contribution in [2.75, 3.05) is 25.9 Å². The topological polar surface area (TPSA) is 58.4 Å². The van der Waals surface area contributed by atoms with Gasteiger partial charge in [0.1, 0.15) is 0 Å². The highest BCUT2D eigenvalue weighted by Crippen LogP contribution is 2.21. The minimum atomic E-state index is -0.227. The van der Waals surface area contributed by atoms with Crippen LogP contribution in [-0.2, 0) is 0 Å². The molecule has 5 heteroatoms. The number of amides is 1. The molecule has 100 valence electrons. The zero-order valence-corrected chi connectivity index (χ0v) is 11.8. The van der Waals surface area contributed by atoms with Crippen LogP contribution < -0.4 is 11.1 Å². The summed E-state index contributed by atoms with van der Waals surface area (Å²) in [6.07, 6.45) is 0. The van der Waals surface area contributed by atoms with Crippen molar-refractivity contribution in [1.82, 2.24) is 10.2 Å². The molecule has 0 unspecified atom stereocenters. The maximum absolute atomic E-state index is 11.9. The number of benzene rings is 1. The summed E-state index contributed by atoms with van der Waals surface area (Å²) in [5.41, 5.74) is 6.50. The number of nitrogens with zero attached hydrogens (tertiary/aromatic N) is 1. The molecular formula is C13H20ClN3O. The number of carbonyl (C=O) groups excluding carboxylic acids is 1. The monoisotopic (exact) mass is 269 g/mol. The van der Waals surface area contributed by atoms with Gasteiger partial charge in [0, 0.05) is 24.8 Å². The van der Waals surface area contributed by atoms with Crippen molar-refractivity contribution < 1.29 is 4.79 Å². The van der Waals surface area contributed by atoms with E-state index in [2.05, 4.69) is 24.1 Å². The van der Waals surface area contributed by atoms with Crippen molar-refractivity contribution in [3.05, 3.63) is 28.8 Å². The number of hydrogen-bond donors (Lipinski definition) is 2. The molecule has 0 saturated heterocycles. The van der Waals surface area contributed by atoms with Gasteiger partial charge in [-0.3, -0.25) is 4.79 Å². The van der Waals surface area contributed by atoms with Gasteiger partial charge in [-0.25, -0.2) is 0 Å². The first-order valence-electron chi connectivity index (χ1n) is 5.96. The summed E-state index contributed by atoms with van der Waals surface area (Å²) in [6.45, 7) is 5.56. The molecule has 0 aliphatic carbocycles. The second-order valence-corrected chi connectivity index (χ2v) is 4.94. The molecule has 18 heavy (non-hydrogen) atoms. The summed E-state index contributed by atoms with van der Waals surface area (Å²) >= 11 is 5.97. The van der Waals surface area contributed by atoms with E-state index >= 15 is 0 Å². The predicted molar refractivity (Wildman–Crippen MR) is 76.0 cm³/mol. The van der Waals surface area contributed by atoms with E-state index in [-0.39, 0.29) is 5.91 Å². The first kappa shape index (κ1) is 14.8. The number of nitrogen functional groups attached to an aromatic ring is 1. The van der Waals surface area contributed by atoms with Crippen molar-refractivity contribution in [2.24, 2.45) is 0 Å². The molecule has 0 aliphatic rings. The number of hydrogen-bond acceptors (Lipinski definition) is 3. The Kier molecular flexibility index (Phi) is 5.44. The molecule has 0 spiro atoms. The average molecular weight is 270 g/mol. The van der Waals surface area contributed by atoms with Gasteiger partial charge in [0.25, 0.3) is 5.91 Å². The van der Waals surface area contributed by atoms with Crippen LogP contribution in [0.5, 0.6) is 0 Å². The summed E-state index contributed by atoms with van der Waals surface area (Å²) < 4.78 is 0. The Morgan fingerprint density at radius 3 is 2.72 bits per heavy atom. The molecule has 1 aromatic carbocycles. The molecule has 0 saturated carbocycles. The number of nitrogens with two attached hydrogens (primary N) is 1. The molecule has 0 radical (unpaired) electrons. The fraction of sp³-hybridized carbons (Fsp3) is 0.462. The summed E-state index contributed by atoms with van der Waals surface area (Å²) in [5.74, 6) is -0.227. The van der Waals surface area contributed by atoms with Gasteiger partial charge in [0.05, 0.1) is 10.6 Å². The molecule has 0 atom stereocenters. The number of halogens is 1. The van der Waals surface area contributed by atoms with E-state index in [1.165, 1.54) is 0 Å². The third-order valence-electron chi connectivity index (χ3n) is 2.90. The normalized spacial score (nSPS) is 11.0. The Morgan fingerprint density at radius 2 is 2.17 bits per heavy atom. The summed E-state index contributed by atoms with van der Waals surface area (Å²) in [7, 11) is 2.01. The first-order valence-corrected chi connectivity index (χ1v) is 6.33. The van der Waals surface area contributed by atoms with Crippen molar-refractivity contribution >= 4 is 23.2 Å². The van der Waals surface area contributed by atoms with Crippen LogP contribution in [0, 0.1) is 0 Å². The van der Waals surface area contributed by atoms with Gasteiger partial charge in [-0.15, -0.1) is 0 Å². The lowest BCUT2D eigenvalue weighted by atomic mass is 10.1. The van der Waals surface area contributed by atoms with Crippen LogP contribution >= 0.6 is 11.6 Å². The van der Waals surface area contributed by atoms with E-state index in [9.17, 15) is 4.79 Å². The van der Waals surface area contributed by atoms with Crippen LogP contribution in [0.2, 0.25) is 5.02 Å². The fourth-order valence-corrected chi connectivity index (χ4v) is 1.74. The van der Waals surface area contributed by atoms with Gasteiger partial charge >= 0.3 is 0 Å². The minimum Gasteiger partial charge on any atom is -0.398 e. The van der Waals surface area contributed by atoms with Crippen molar-refractivity contribution in [3.8, 4) is 0 Å². The van der Waals surface area contributed by atoms with E-state index in [0.717, 1.165) is 6.54 Å². The zero-order chi connectivity index (χ0) is 13.7. The molecule has 4 nitrogen and oxygen atoms in total. The van der Waals surface area contributed by atoms with Gasteiger partial charge < -0.3 is 16.0 Å². The van der Waals surface area contributed by atoms with Crippen LogP contribution in [0.15, 0.2) is 18.2 Å². The smallest absolute Gasteiger partial charge is 0.254 e. The van der Waals surface area contributed by atoms with Crippen LogP contribution in [0.1, 0.15) is 24.2 Å². The quantitative estimate of drug-likeness (QED) is 0.804. The van der Waals surface area contributed by atoms with Gasteiger partial charge in [0.2, 0.25) is 0 Å². The number of likely N-dealkylation sites (N-methyl/N-ethyl adjacent to an activating group) is 1. The minimum absolute atomic E-state index is 0.227. The molecule has 0 aromatic heterocycles. The highest BCUT2D eigenvalue weighted by molar-refractivity contribution is 6.34. The Hall–Kier alpha value is -1.26. The Labute approximate surface area is 113 Å². The second kappa shape index (κ2) is 6.61. The van der Waals surface area contributed by atoms with Crippen LogP contribution in [-0.4, -0.2) is 37.0 Å². The lowest BCUT2D eigenvalue weighted by Gasteiger charge is -2.21. The molecule has 1 amide bonds. The van der Waals surface area contributed by atoms with E-state index in [4.69, 9.17) is 17.3 Å². The van der Waals surface area contributed by atoms with E-state index < -0.39 is 0 Å². The first-order chi connectivity index (χ1) is 8.43. The third kappa shape index (κ3) is 3.89. The lowest BCUT2D eigenvalue weighted by Crippen LogP contribution is -2.36. The Morgan fingerprint density at radius 1 is 1.50 bits per heavy atom. The summed E-state index contributed by atoms with van der Waals surface area (Å²) in [5, 5.41) is 3.20. The Bertz CT molecular complexity index is 400. The maximum Gasteiger partial charge on any atom is 0.254 e. The van der Waals surface area contributed by atoms with Gasteiger partial charge in [-0.05, 0) is 33.0 Å². The number of anilines is 1. The fourth-order valence-electron chi connectivity index (χ4n) is 1.47. The molecule has 0 fully saturated rings. The van der Waals surface area contributed by atoms with Crippen molar-refractivity contribution in [3.63, 3.8) is 0 Å². The largest absolute Gasteiger partial charge is 0.398 e. The number of rotatable bonds is 5. The van der Waals surface area contributed by atoms with Gasteiger partial charge in [-0.1, -0.05) is 17.7 Å². The van der Waals surface area contributed by atoms with Crippen LogP contribution in [0.25, 0.3) is 0 Å². The molecular weight excluding hydrogens is 250 g/mol. The molecule has 3 N–H and O–H groups in total. The molecule has 0 aliphatic heterocycles. The maximum atomic E-state index is 11.9.